The van der Waals surface area contributed by atoms with Crippen LogP contribution in [0.1, 0.15) is 45.8 Å². The summed E-state index contributed by atoms with van der Waals surface area (Å²) in [4.78, 5) is 0. The van der Waals surface area contributed by atoms with E-state index in [1.807, 2.05) is 0 Å². The van der Waals surface area contributed by atoms with Crippen molar-refractivity contribution in [3.05, 3.63) is 17.9 Å². The van der Waals surface area contributed by atoms with Gasteiger partial charge in [-0.05, 0) is 42.7 Å². The third-order valence-electron chi connectivity index (χ3n) is 4.30. The van der Waals surface area contributed by atoms with Gasteiger partial charge in [-0.25, -0.2) is 8.42 Å². The van der Waals surface area contributed by atoms with E-state index >= 15 is 0 Å². The predicted octanol–water partition coefficient (Wildman–Crippen LogP) is 2.61. The number of nitrogens with zero attached hydrogens (tertiary/aromatic N) is 1. The van der Waals surface area contributed by atoms with Gasteiger partial charge in [-0.2, -0.15) is 4.31 Å². The summed E-state index contributed by atoms with van der Waals surface area (Å²) < 4.78 is 31.9. The van der Waals surface area contributed by atoms with E-state index in [1.54, 1.807) is 0 Å². The fourth-order valence-corrected chi connectivity index (χ4v) is 4.31. The average molecular weight is 315 g/mol. The van der Waals surface area contributed by atoms with E-state index in [9.17, 15) is 8.42 Å². The van der Waals surface area contributed by atoms with Crippen molar-refractivity contribution in [2.45, 2.75) is 51.7 Å². The minimum atomic E-state index is -3.59. The molecule has 1 saturated heterocycles. The summed E-state index contributed by atoms with van der Waals surface area (Å²) in [6.07, 6.45) is 2.79. The summed E-state index contributed by atoms with van der Waals surface area (Å²) in [7, 11) is -3.59. The molecule has 0 amide bonds. The Bertz CT molecular complexity index is 571. The van der Waals surface area contributed by atoms with Crippen LogP contribution in [0.5, 0.6) is 0 Å². The lowest BCUT2D eigenvalue weighted by atomic mass is 9.77. The summed E-state index contributed by atoms with van der Waals surface area (Å²) in [6, 6.07) is 2.93. The normalized spacial score (nSPS) is 22.2. The molecule has 1 aromatic rings. The first kappa shape index (κ1) is 16.5. The van der Waals surface area contributed by atoms with E-state index in [4.69, 9.17) is 9.52 Å². The van der Waals surface area contributed by atoms with E-state index < -0.39 is 10.0 Å². The number of hydrogen-bond donors (Lipinski definition) is 1. The summed E-state index contributed by atoms with van der Waals surface area (Å²) >= 11 is 0. The zero-order valence-corrected chi connectivity index (χ0v) is 13.8. The predicted molar refractivity (Wildman–Crippen MR) is 80.2 cm³/mol. The molecular formula is C15H25NO4S. The second kappa shape index (κ2) is 6.10. The van der Waals surface area contributed by atoms with Crippen LogP contribution in [-0.4, -0.2) is 30.9 Å². The topological polar surface area (TPSA) is 70.8 Å². The summed E-state index contributed by atoms with van der Waals surface area (Å²) in [5.74, 6) is 0.804. The Morgan fingerprint density at radius 3 is 2.57 bits per heavy atom. The van der Waals surface area contributed by atoms with Crippen LogP contribution in [0.3, 0.4) is 0 Å². The number of aliphatic hydroxyl groups excluding tert-OH is 1. The van der Waals surface area contributed by atoms with E-state index in [1.165, 1.54) is 16.4 Å². The molecule has 0 bridgehead atoms. The van der Waals surface area contributed by atoms with Crippen molar-refractivity contribution in [1.82, 2.24) is 4.31 Å². The lowest BCUT2D eigenvalue weighted by molar-refractivity contribution is 0.216. The highest BCUT2D eigenvalue weighted by Gasteiger charge is 2.33. The SMILES string of the molecule is CC(C)(C)C1CCCN(S(=O)(=O)c2ccc(CO)o2)CC1. The standard InChI is InChI=1S/C15H25NO4S/c1-15(2,3)12-5-4-9-16(10-8-12)21(18,19)14-7-6-13(11-17)20-14/h6-7,12,17H,4-5,8-11H2,1-3H3. The highest BCUT2D eigenvalue weighted by molar-refractivity contribution is 7.89. The second-order valence-electron chi connectivity index (χ2n) is 6.78. The Labute approximate surface area is 127 Å². The molecule has 0 spiro atoms. The molecule has 120 valence electrons. The molecule has 21 heavy (non-hydrogen) atoms. The van der Waals surface area contributed by atoms with Gasteiger partial charge >= 0.3 is 0 Å². The van der Waals surface area contributed by atoms with Gasteiger partial charge in [-0.15, -0.1) is 0 Å². The molecule has 1 unspecified atom stereocenters. The molecule has 2 heterocycles. The molecular weight excluding hydrogens is 290 g/mol. The fourth-order valence-electron chi connectivity index (χ4n) is 2.89. The van der Waals surface area contributed by atoms with Crippen molar-refractivity contribution in [3.63, 3.8) is 0 Å². The fraction of sp³-hybridized carbons (Fsp3) is 0.733. The van der Waals surface area contributed by atoms with Crippen molar-refractivity contribution < 1.29 is 17.9 Å². The van der Waals surface area contributed by atoms with Crippen LogP contribution in [0.15, 0.2) is 21.6 Å². The minimum Gasteiger partial charge on any atom is -0.446 e. The summed E-state index contributed by atoms with van der Waals surface area (Å²) in [5, 5.41) is 8.93. The van der Waals surface area contributed by atoms with Crippen LogP contribution in [0.25, 0.3) is 0 Å². The Hall–Kier alpha value is -0.850. The van der Waals surface area contributed by atoms with Gasteiger partial charge in [0.2, 0.25) is 5.09 Å². The number of aliphatic hydroxyl groups is 1. The van der Waals surface area contributed by atoms with Gasteiger partial charge in [0.1, 0.15) is 12.4 Å². The van der Waals surface area contributed by atoms with Gasteiger partial charge in [-0.3, -0.25) is 0 Å². The molecule has 2 rings (SSSR count). The van der Waals surface area contributed by atoms with Crippen LogP contribution in [-0.2, 0) is 16.6 Å². The molecule has 0 aromatic carbocycles. The maximum absolute atomic E-state index is 12.6. The molecule has 1 aromatic heterocycles. The first-order chi connectivity index (χ1) is 9.75. The van der Waals surface area contributed by atoms with Crippen molar-refractivity contribution >= 4 is 10.0 Å². The number of furan rings is 1. The van der Waals surface area contributed by atoms with Crippen molar-refractivity contribution in [3.8, 4) is 0 Å². The Morgan fingerprint density at radius 1 is 1.29 bits per heavy atom. The second-order valence-corrected chi connectivity index (χ2v) is 8.65. The van der Waals surface area contributed by atoms with Crippen molar-refractivity contribution in [2.24, 2.45) is 11.3 Å². The molecule has 1 atom stereocenters. The molecule has 5 nitrogen and oxygen atoms in total. The monoisotopic (exact) mass is 315 g/mol. The van der Waals surface area contributed by atoms with Crippen LogP contribution in [0.2, 0.25) is 0 Å². The van der Waals surface area contributed by atoms with Gasteiger partial charge in [0.05, 0.1) is 0 Å². The zero-order chi connectivity index (χ0) is 15.7. The average Bonchev–Trinajstić information content (AvgIpc) is 2.73. The van der Waals surface area contributed by atoms with Crippen molar-refractivity contribution in [1.29, 1.82) is 0 Å². The highest BCUT2D eigenvalue weighted by Crippen LogP contribution is 2.35. The Kier molecular flexibility index (Phi) is 4.80. The molecule has 1 fully saturated rings. The van der Waals surface area contributed by atoms with Crippen LogP contribution < -0.4 is 0 Å². The molecule has 1 aliphatic rings. The lowest BCUT2D eigenvalue weighted by Gasteiger charge is -2.29. The quantitative estimate of drug-likeness (QED) is 0.931. The Morgan fingerprint density at radius 2 is 2.00 bits per heavy atom. The van der Waals surface area contributed by atoms with Crippen LogP contribution >= 0.6 is 0 Å². The van der Waals surface area contributed by atoms with Gasteiger partial charge in [-0.1, -0.05) is 20.8 Å². The van der Waals surface area contributed by atoms with E-state index in [2.05, 4.69) is 20.8 Å². The van der Waals surface area contributed by atoms with Gasteiger partial charge in [0.25, 0.3) is 10.0 Å². The van der Waals surface area contributed by atoms with E-state index in [0.29, 0.717) is 19.0 Å². The third kappa shape index (κ3) is 3.67. The van der Waals surface area contributed by atoms with Crippen LogP contribution in [0.4, 0.5) is 0 Å². The van der Waals surface area contributed by atoms with Crippen molar-refractivity contribution in [2.75, 3.05) is 13.1 Å². The minimum absolute atomic E-state index is 0.0687. The maximum atomic E-state index is 12.6. The molecule has 0 radical (unpaired) electrons. The smallest absolute Gasteiger partial charge is 0.276 e. The number of sulfonamides is 1. The van der Waals surface area contributed by atoms with Gasteiger partial charge < -0.3 is 9.52 Å². The molecule has 0 aliphatic carbocycles. The van der Waals surface area contributed by atoms with E-state index in [-0.39, 0.29) is 22.9 Å². The van der Waals surface area contributed by atoms with Crippen LogP contribution in [0, 0.1) is 11.3 Å². The van der Waals surface area contributed by atoms with Gasteiger partial charge in [0.15, 0.2) is 0 Å². The number of rotatable bonds is 3. The maximum Gasteiger partial charge on any atom is 0.276 e. The highest BCUT2D eigenvalue weighted by atomic mass is 32.2. The Balaban J connectivity index is 2.14. The molecule has 1 N–H and O–H groups in total. The third-order valence-corrected chi connectivity index (χ3v) is 6.07. The first-order valence-electron chi connectivity index (χ1n) is 7.45. The van der Waals surface area contributed by atoms with E-state index in [0.717, 1.165) is 19.3 Å². The molecule has 6 heteroatoms. The summed E-state index contributed by atoms with van der Waals surface area (Å²) in [6.45, 7) is 7.40. The van der Waals surface area contributed by atoms with Gasteiger partial charge in [0, 0.05) is 13.1 Å². The molecule has 1 aliphatic heterocycles. The first-order valence-corrected chi connectivity index (χ1v) is 8.89. The summed E-state index contributed by atoms with van der Waals surface area (Å²) in [5.41, 5.74) is 0.203. The molecule has 0 saturated carbocycles. The largest absolute Gasteiger partial charge is 0.446 e. The lowest BCUT2D eigenvalue weighted by Crippen LogP contribution is -2.32. The number of hydrogen-bond acceptors (Lipinski definition) is 4. The zero-order valence-electron chi connectivity index (χ0n) is 13.0.